The van der Waals surface area contributed by atoms with E-state index in [0.717, 1.165) is 12.8 Å². The standard InChI is InChI=1S/C16H22N4O5S.ClH/c17-13-6-5-12(11-13)16(21)18-7-9-19(10-8-18)26(24,25)15-4-2-1-3-14(15)20(22)23;/h1-4,12-13H,5-11,17H2;1H. The molecule has 1 aromatic carbocycles. The molecule has 0 bridgehead atoms. The van der Waals surface area contributed by atoms with Crippen LogP contribution in [0.4, 0.5) is 5.69 Å². The molecule has 2 unspecified atom stereocenters. The largest absolute Gasteiger partial charge is 0.340 e. The van der Waals surface area contributed by atoms with Crippen LogP contribution in [0.3, 0.4) is 0 Å². The van der Waals surface area contributed by atoms with E-state index in [-0.39, 0.29) is 61.3 Å². The summed E-state index contributed by atoms with van der Waals surface area (Å²) in [5.41, 5.74) is 5.42. The van der Waals surface area contributed by atoms with Crippen molar-refractivity contribution in [3.05, 3.63) is 34.4 Å². The number of hydrogen-bond acceptors (Lipinski definition) is 6. The molecular weight excluding hydrogens is 396 g/mol. The minimum absolute atomic E-state index is 0. The number of rotatable bonds is 4. The number of nitro benzene ring substituents is 1. The first-order valence-corrected chi connectivity index (χ1v) is 10.0. The van der Waals surface area contributed by atoms with Crippen LogP contribution in [0.15, 0.2) is 29.2 Å². The van der Waals surface area contributed by atoms with Crippen LogP contribution >= 0.6 is 12.4 Å². The van der Waals surface area contributed by atoms with Gasteiger partial charge < -0.3 is 10.6 Å². The summed E-state index contributed by atoms with van der Waals surface area (Å²) < 4.78 is 26.8. The van der Waals surface area contributed by atoms with E-state index in [1.165, 1.54) is 28.6 Å². The van der Waals surface area contributed by atoms with Gasteiger partial charge in [0.2, 0.25) is 15.9 Å². The van der Waals surface area contributed by atoms with Gasteiger partial charge in [0, 0.05) is 44.2 Å². The van der Waals surface area contributed by atoms with Crippen molar-refractivity contribution in [2.24, 2.45) is 11.7 Å². The highest BCUT2D eigenvalue weighted by Crippen LogP contribution is 2.29. The monoisotopic (exact) mass is 418 g/mol. The summed E-state index contributed by atoms with van der Waals surface area (Å²) in [5, 5.41) is 11.1. The Bertz CT molecular complexity index is 811. The summed E-state index contributed by atoms with van der Waals surface area (Å²) in [5.74, 6) is -0.0518. The van der Waals surface area contributed by atoms with E-state index in [1.54, 1.807) is 4.90 Å². The second-order valence-corrected chi connectivity index (χ2v) is 8.63. The van der Waals surface area contributed by atoms with E-state index in [2.05, 4.69) is 0 Å². The first-order valence-electron chi connectivity index (χ1n) is 8.58. The molecule has 1 aliphatic carbocycles. The molecule has 11 heteroatoms. The van der Waals surface area contributed by atoms with Crippen LogP contribution in [-0.2, 0) is 14.8 Å². The first kappa shape index (κ1) is 21.5. The highest BCUT2D eigenvalue weighted by atomic mass is 35.5. The fourth-order valence-electron chi connectivity index (χ4n) is 3.61. The van der Waals surface area contributed by atoms with Crippen LogP contribution in [0, 0.1) is 16.0 Å². The van der Waals surface area contributed by atoms with Gasteiger partial charge >= 0.3 is 0 Å². The number of hydrogen-bond donors (Lipinski definition) is 1. The van der Waals surface area contributed by atoms with Gasteiger partial charge in [-0.1, -0.05) is 12.1 Å². The lowest BCUT2D eigenvalue weighted by atomic mass is 10.1. The maximum atomic E-state index is 12.8. The minimum Gasteiger partial charge on any atom is -0.340 e. The quantitative estimate of drug-likeness (QED) is 0.573. The number of piperazine rings is 1. The second-order valence-electron chi connectivity index (χ2n) is 6.72. The average Bonchev–Trinajstić information content (AvgIpc) is 3.07. The molecule has 1 amide bonds. The zero-order valence-electron chi connectivity index (χ0n) is 14.7. The highest BCUT2D eigenvalue weighted by molar-refractivity contribution is 7.89. The Morgan fingerprint density at radius 2 is 1.78 bits per heavy atom. The SMILES string of the molecule is Cl.NC1CCC(C(=O)N2CCN(S(=O)(=O)c3ccccc3[N+](=O)[O-])CC2)C1. The molecule has 1 saturated carbocycles. The Balaban J connectivity index is 0.00000261. The molecule has 27 heavy (non-hydrogen) atoms. The van der Waals surface area contributed by atoms with Crippen molar-refractivity contribution in [1.29, 1.82) is 0 Å². The van der Waals surface area contributed by atoms with E-state index in [4.69, 9.17) is 5.73 Å². The number of sulfonamides is 1. The molecule has 0 aromatic heterocycles. The zero-order valence-corrected chi connectivity index (χ0v) is 16.3. The molecule has 0 spiro atoms. The van der Waals surface area contributed by atoms with Gasteiger partial charge in [-0.2, -0.15) is 4.31 Å². The number of nitrogens with two attached hydrogens (primary N) is 1. The molecule has 2 atom stereocenters. The van der Waals surface area contributed by atoms with Crippen molar-refractivity contribution in [1.82, 2.24) is 9.21 Å². The van der Waals surface area contributed by atoms with Gasteiger partial charge in [-0.25, -0.2) is 8.42 Å². The Hall–Kier alpha value is -1.75. The van der Waals surface area contributed by atoms with Crippen molar-refractivity contribution < 1.29 is 18.1 Å². The molecule has 3 rings (SSSR count). The Labute approximate surface area is 164 Å². The molecule has 2 N–H and O–H groups in total. The van der Waals surface area contributed by atoms with E-state index < -0.39 is 20.6 Å². The molecule has 150 valence electrons. The van der Waals surface area contributed by atoms with Crippen molar-refractivity contribution >= 4 is 34.0 Å². The summed E-state index contributed by atoms with van der Waals surface area (Å²) >= 11 is 0. The Morgan fingerprint density at radius 3 is 2.33 bits per heavy atom. The second kappa shape index (κ2) is 8.51. The number of nitro groups is 1. The summed E-state index contributed by atoms with van der Waals surface area (Å²) in [6, 6.07) is 5.37. The fourth-order valence-corrected chi connectivity index (χ4v) is 5.19. The van der Waals surface area contributed by atoms with Crippen molar-refractivity contribution in [2.75, 3.05) is 26.2 Å². The zero-order chi connectivity index (χ0) is 18.9. The predicted octanol–water partition coefficient (Wildman–Crippen LogP) is 0.977. The van der Waals surface area contributed by atoms with Crippen LogP contribution < -0.4 is 5.73 Å². The molecule has 2 aliphatic rings. The number of carbonyl (C=O) groups is 1. The third-order valence-electron chi connectivity index (χ3n) is 5.05. The fraction of sp³-hybridized carbons (Fsp3) is 0.562. The molecule has 1 saturated heterocycles. The molecule has 1 aromatic rings. The molecule has 2 fully saturated rings. The van der Waals surface area contributed by atoms with E-state index in [9.17, 15) is 23.3 Å². The summed E-state index contributed by atoms with van der Waals surface area (Å²) in [7, 11) is -3.98. The maximum absolute atomic E-state index is 12.8. The molecule has 1 aliphatic heterocycles. The number of benzene rings is 1. The van der Waals surface area contributed by atoms with Gasteiger partial charge in [-0.05, 0) is 25.3 Å². The summed E-state index contributed by atoms with van der Waals surface area (Å²) in [4.78, 5) is 24.3. The lowest BCUT2D eigenvalue weighted by Gasteiger charge is -2.35. The van der Waals surface area contributed by atoms with Crippen LogP contribution in [0.1, 0.15) is 19.3 Å². The van der Waals surface area contributed by atoms with Crippen molar-refractivity contribution in [2.45, 2.75) is 30.2 Å². The lowest BCUT2D eigenvalue weighted by Crippen LogP contribution is -2.51. The first-order chi connectivity index (χ1) is 12.3. The molecule has 9 nitrogen and oxygen atoms in total. The minimum atomic E-state index is -3.98. The number of nitrogens with zero attached hydrogens (tertiary/aromatic N) is 3. The lowest BCUT2D eigenvalue weighted by molar-refractivity contribution is -0.387. The van der Waals surface area contributed by atoms with Crippen LogP contribution in [-0.4, -0.2) is 60.7 Å². The summed E-state index contributed by atoms with van der Waals surface area (Å²) in [6.45, 7) is 0.812. The van der Waals surface area contributed by atoms with Gasteiger partial charge in [0.15, 0.2) is 4.90 Å². The number of halogens is 1. The normalized spacial score (nSPS) is 23.7. The molecule has 1 heterocycles. The third kappa shape index (κ3) is 4.40. The Kier molecular flexibility index (Phi) is 6.79. The highest BCUT2D eigenvalue weighted by Gasteiger charge is 2.37. The summed E-state index contributed by atoms with van der Waals surface area (Å²) in [6.07, 6.45) is 2.28. The van der Waals surface area contributed by atoms with E-state index >= 15 is 0 Å². The van der Waals surface area contributed by atoms with Crippen LogP contribution in [0.25, 0.3) is 0 Å². The Morgan fingerprint density at radius 1 is 1.15 bits per heavy atom. The molecule has 0 radical (unpaired) electrons. The smallest absolute Gasteiger partial charge is 0.289 e. The van der Waals surface area contributed by atoms with E-state index in [1.807, 2.05) is 0 Å². The number of para-hydroxylation sites is 1. The topological polar surface area (TPSA) is 127 Å². The van der Waals surface area contributed by atoms with Crippen molar-refractivity contribution in [3.63, 3.8) is 0 Å². The van der Waals surface area contributed by atoms with Gasteiger partial charge in [0.05, 0.1) is 4.92 Å². The van der Waals surface area contributed by atoms with E-state index in [0.29, 0.717) is 6.42 Å². The van der Waals surface area contributed by atoms with Crippen molar-refractivity contribution in [3.8, 4) is 0 Å². The predicted molar refractivity (Wildman–Crippen MR) is 101 cm³/mol. The maximum Gasteiger partial charge on any atom is 0.289 e. The average molecular weight is 419 g/mol. The molecular formula is C16H23ClN4O5S. The number of carbonyl (C=O) groups excluding carboxylic acids is 1. The van der Waals surface area contributed by atoms with Crippen LogP contribution in [0.5, 0.6) is 0 Å². The van der Waals surface area contributed by atoms with Gasteiger partial charge in [-0.3, -0.25) is 14.9 Å². The van der Waals surface area contributed by atoms with Crippen LogP contribution in [0.2, 0.25) is 0 Å². The van der Waals surface area contributed by atoms with Gasteiger partial charge in [-0.15, -0.1) is 12.4 Å². The van der Waals surface area contributed by atoms with Gasteiger partial charge in [0.1, 0.15) is 0 Å². The number of amides is 1. The van der Waals surface area contributed by atoms with Gasteiger partial charge in [0.25, 0.3) is 5.69 Å². The third-order valence-corrected chi connectivity index (χ3v) is 7.00.